The highest BCUT2D eigenvalue weighted by Crippen LogP contribution is 2.24. The minimum atomic E-state index is 0.415. The van der Waals surface area contributed by atoms with Crippen LogP contribution in [0.4, 0.5) is 0 Å². The number of nitrogens with one attached hydrogen (secondary N) is 1. The van der Waals surface area contributed by atoms with E-state index in [1.54, 1.807) is 6.26 Å². The third-order valence-electron chi connectivity index (χ3n) is 2.04. The molecule has 74 valence electrons. The van der Waals surface area contributed by atoms with Crippen molar-refractivity contribution in [2.45, 2.75) is 12.8 Å². The van der Waals surface area contributed by atoms with Crippen LogP contribution in [0.1, 0.15) is 12.8 Å². The van der Waals surface area contributed by atoms with Crippen molar-refractivity contribution in [3.8, 4) is 0 Å². The fourth-order valence-electron chi connectivity index (χ4n) is 1.34. The molecule has 0 aromatic carbocycles. The molecule has 1 heterocycles. The lowest BCUT2D eigenvalue weighted by Gasteiger charge is -2.18. The van der Waals surface area contributed by atoms with Crippen LogP contribution in [0.3, 0.4) is 0 Å². The summed E-state index contributed by atoms with van der Waals surface area (Å²) in [7, 11) is 0. The summed E-state index contributed by atoms with van der Waals surface area (Å²) in [5.74, 6) is 6.34. The van der Waals surface area contributed by atoms with Crippen molar-refractivity contribution in [2.24, 2.45) is 5.84 Å². The Bertz CT molecular complexity index is 340. The monoisotopic (exact) mass is 192 g/mol. The van der Waals surface area contributed by atoms with Gasteiger partial charge < -0.3 is 9.47 Å². The maximum absolute atomic E-state index is 5.43. The number of nitrogens with two attached hydrogens (primary N) is 1. The minimum Gasteiger partial charge on any atom is -0.463 e. The van der Waals surface area contributed by atoms with Gasteiger partial charge in [-0.05, 0) is 18.4 Å². The van der Waals surface area contributed by atoms with Crippen LogP contribution < -0.4 is 11.3 Å². The highest BCUT2D eigenvalue weighted by atomic mass is 16.6. The summed E-state index contributed by atoms with van der Waals surface area (Å²) >= 11 is 0. The largest absolute Gasteiger partial charge is 0.463 e. The zero-order valence-corrected chi connectivity index (χ0v) is 7.69. The van der Waals surface area contributed by atoms with Gasteiger partial charge in [0.2, 0.25) is 5.88 Å². The summed E-state index contributed by atoms with van der Waals surface area (Å²) in [6, 6.07) is 0. The van der Waals surface area contributed by atoms with E-state index in [9.17, 15) is 0 Å². The first-order valence-corrected chi connectivity index (χ1v) is 4.46. The van der Waals surface area contributed by atoms with Crippen molar-refractivity contribution in [1.82, 2.24) is 5.43 Å². The summed E-state index contributed by atoms with van der Waals surface area (Å²) in [5, 5.41) is 0. The lowest BCUT2D eigenvalue weighted by atomic mass is 10.0. The molecule has 0 aromatic rings. The molecular formula is C10H12N2O2. The van der Waals surface area contributed by atoms with Crippen LogP contribution in [0.2, 0.25) is 0 Å². The molecule has 0 aromatic heterocycles. The number of hydrazine groups is 1. The van der Waals surface area contributed by atoms with E-state index in [1.807, 2.05) is 12.2 Å². The number of hydrogen-bond donors (Lipinski definition) is 2. The molecule has 3 N–H and O–H groups in total. The first-order chi connectivity index (χ1) is 6.90. The Kier molecular flexibility index (Phi) is 2.55. The van der Waals surface area contributed by atoms with Crippen molar-refractivity contribution < 1.29 is 9.47 Å². The van der Waals surface area contributed by atoms with E-state index in [0.717, 1.165) is 18.4 Å². The van der Waals surface area contributed by atoms with Crippen LogP contribution in [-0.4, -0.2) is 0 Å². The van der Waals surface area contributed by atoms with E-state index >= 15 is 0 Å². The van der Waals surface area contributed by atoms with Crippen LogP contribution in [-0.2, 0) is 9.47 Å². The smallest absolute Gasteiger partial charge is 0.243 e. The van der Waals surface area contributed by atoms with E-state index in [1.165, 1.54) is 6.26 Å². The number of hydrogen-bond acceptors (Lipinski definition) is 4. The molecule has 4 heteroatoms. The van der Waals surface area contributed by atoms with Gasteiger partial charge in [0.05, 0.1) is 0 Å². The van der Waals surface area contributed by atoms with Crippen LogP contribution in [0, 0.1) is 0 Å². The third-order valence-corrected chi connectivity index (χ3v) is 2.04. The van der Waals surface area contributed by atoms with Gasteiger partial charge in [-0.3, -0.25) is 5.43 Å². The molecule has 0 atom stereocenters. The molecule has 0 saturated carbocycles. The Morgan fingerprint density at radius 2 is 2.29 bits per heavy atom. The average molecular weight is 192 g/mol. The molecule has 0 fully saturated rings. The zero-order valence-electron chi connectivity index (χ0n) is 7.69. The van der Waals surface area contributed by atoms with Gasteiger partial charge in [-0.2, -0.15) is 0 Å². The molecule has 0 bridgehead atoms. The second-order valence-electron chi connectivity index (χ2n) is 3.01. The van der Waals surface area contributed by atoms with Gasteiger partial charge in [0.1, 0.15) is 6.26 Å². The summed E-state index contributed by atoms with van der Waals surface area (Å²) in [4.78, 5) is 0. The number of ether oxygens (including phenoxy) is 2. The van der Waals surface area contributed by atoms with E-state index in [2.05, 4.69) is 11.5 Å². The Morgan fingerprint density at radius 1 is 1.36 bits per heavy atom. The van der Waals surface area contributed by atoms with Gasteiger partial charge in [-0.25, -0.2) is 5.84 Å². The lowest BCUT2D eigenvalue weighted by molar-refractivity contribution is 0.208. The van der Waals surface area contributed by atoms with Crippen molar-refractivity contribution in [3.05, 3.63) is 48.0 Å². The van der Waals surface area contributed by atoms with Gasteiger partial charge in [-0.15, -0.1) is 0 Å². The Labute approximate surface area is 82.3 Å². The molecule has 0 spiro atoms. The van der Waals surface area contributed by atoms with Gasteiger partial charge in [0, 0.05) is 0 Å². The first-order valence-electron chi connectivity index (χ1n) is 4.46. The minimum absolute atomic E-state index is 0.415. The normalized spacial score (nSPS) is 19.9. The zero-order chi connectivity index (χ0) is 9.80. The highest BCUT2D eigenvalue weighted by Gasteiger charge is 2.13. The maximum Gasteiger partial charge on any atom is 0.243 e. The maximum atomic E-state index is 5.43. The standard InChI is InChI=1S/C10H12N2O2/c11-12-10-7-13-6-9(14-10)8-4-2-1-3-5-8/h1-2,4,6-7,12H,3,5,11H2. The average Bonchev–Trinajstić information content (AvgIpc) is 2.30. The van der Waals surface area contributed by atoms with Gasteiger partial charge in [0.15, 0.2) is 12.0 Å². The van der Waals surface area contributed by atoms with E-state index in [4.69, 9.17) is 15.3 Å². The molecule has 2 rings (SSSR count). The Morgan fingerprint density at radius 3 is 3.00 bits per heavy atom. The Balaban J connectivity index is 2.09. The van der Waals surface area contributed by atoms with Gasteiger partial charge in [0.25, 0.3) is 0 Å². The summed E-state index contributed by atoms with van der Waals surface area (Å²) < 4.78 is 10.5. The molecule has 0 unspecified atom stereocenters. The van der Waals surface area contributed by atoms with E-state index in [0.29, 0.717) is 11.6 Å². The van der Waals surface area contributed by atoms with Crippen LogP contribution in [0.25, 0.3) is 0 Å². The fraction of sp³-hybridized carbons (Fsp3) is 0.200. The van der Waals surface area contributed by atoms with Crippen LogP contribution in [0.5, 0.6) is 0 Å². The summed E-state index contributed by atoms with van der Waals surface area (Å²) in [6.07, 6.45) is 11.1. The van der Waals surface area contributed by atoms with Crippen molar-refractivity contribution in [2.75, 3.05) is 0 Å². The third kappa shape index (κ3) is 1.80. The molecule has 2 aliphatic rings. The van der Waals surface area contributed by atoms with E-state index < -0.39 is 0 Å². The van der Waals surface area contributed by atoms with Gasteiger partial charge in [-0.1, -0.05) is 18.2 Å². The topological polar surface area (TPSA) is 56.5 Å². The molecule has 1 aliphatic carbocycles. The van der Waals surface area contributed by atoms with E-state index in [-0.39, 0.29) is 0 Å². The fourth-order valence-corrected chi connectivity index (χ4v) is 1.34. The van der Waals surface area contributed by atoms with Crippen molar-refractivity contribution >= 4 is 0 Å². The summed E-state index contributed by atoms with van der Waals surface area (Å²) in [6.45, 7) is 0. The van der Waals surface area contributed by atoms with Crippen molar-refractivity contribution in [1.29, 1.82) is 0 Å². The summed E-state index contributed by atoms with van der Waals surface area (Å²) in [5.41, 5.74) is 3.52. The van der Waals surface area contributed by atoms with Gasteiger partial charge >= 0.3 is 0 Å². The second-order valence-corrected chi connectivity index (χ2v) is 3.01. The Hall–Kier alpha value is -1.68. The SMILES string of the molecule is NNC1=COC=C(C2=CC=CCC2)O1. The molecule has 14 heavy (non-hydrogen) atoms. The second kappa shape index (κ2) is 4.02. The molecule has 4 nitrogen and oxygen atoms in total. The number of rotatable bonds is 2. The van der Waals surface area contributed by atoms with Crippen molar-refractivity contribution in [3.63, 3.8) is 0 Å². The molecule has 1 aliphatic heterocycles. The molecular weight excluding hydrogens is 180 g/mol. The highest BCUT2D eigenvalue weighted by molar-refractivity contribution is 5.33. The first kappa shape index (κ1) is 8.90. The van der Waals surface area contributed by atoms with Crippen LogP contribution in [0.15, 0.2) is 48.0 Å². The number of allylic oxidation sites excluding steroid dienone is 4. The quantitative estimate of drug-likeness (QED) is 0.513. The lowest BCUT2D eigenvalue weighted by Crippen LogP contribution is -2.24. The molecule has 0 amide bonds. The predicted octanol–water partition coefficient (Wildman–Crippen LogP) is 1.41. The molecule has 0 saturated heterocycles. The van der Waals surface area contributed by atoms with Crippen LogP contribution >= 0.6 is 0 Å². The predicted molar refractivity (Wildman–Crippen MR) is 52.1 cm³/mol. The molecule has 0 radical (unpaired) electrons.